The van der Waals surface area contributed by atoms with Crippen molar-refractivity contribution in [2.45, 2.75) is 0 Å². The molecule has 2 aromatic carbocycles. The van der Waals surface area contributed by atoms with Crippen LogP contribution in [0.15, 0.2) is 48.5 Å². The Kier molecular flexibility index (Phi) is 4.03. The third kappa shape index (κ3) is 3.13. The second kappa shape index (κ2) is 5.71. The van der Waals surface area contributed by atoms with E-state index in [4.69, 9.17) is 9.84 Å². The van der Waals surface area contributed by atoms with Crippen molar-refractivity contribution in [3.63, 3.8) is 0 Å². The Hall–Kier alpha value is -1.77. The van der Waals surface area contributed by atoms with Gasteiger partial charge in [-0.15, -0.1) is 0 Å². The number of benzene rings is 2. The van der Waals surface area contributed by atoms with Crippen LogP contribution in [-0.2, 0) is 0 Å². The summed E-state index contributed by atoms with van der Waals surface area (Å²) in [6.45, 7) is 0. The van der Waals surface area contributed by atoms with E-state index in [-0.39, 0.29) is 15.0 Å². The second-order valence-electron chi connectivity index (χ2n) is 3.61. The standard InChI is InChI=1S/C14H12O3Se/c1-17-11-4-8-13(9-5-11)18-12-6-2-10(3-7-12)14(15)16/h2-9H,1H3,(H,15,16). The van der Waals surface area contributed by atoms with Crippen molar-refractivity contribution in [3.8, 4) is 5.75 Å². The zero-order chi connectivity index (χ0) is 13.0. The molecule has 0 aliphatic carbocycles. The molecule has 0 amide bonds. The van der Waals surface area contributed by atoms with Gasteiger partial charge in [-0.25, -0.2) is 0 Å². The van der Waals surface area contributed by atoms with Gasteiger partial charge in [-0.05, 0) is 0 Å². The maximum atomic E-state index is 10.7. The van der Waals surface area contributed by atoms with Crippen LogP contribution in [0.2, 0.25) is 0 Å². The monoisotopic (exact) mass is 308 g/mol. The van der Waals surface area contributed by atoms with Crippen molar-refractivity contribution in [3.05, 3.63) is 54.1 Å². The summed E-state index contributed by atoms with van der Waals surface area (Å²) in [7, 11) is 1.64. The van der Waals surface area contributed by atoms with Crippen LogP contribution in [0.1, 0.15) is 10.4 Å². The number of rotatable bonds is 4. The number of carboxylic acids is 1. The Bertz CT molecular complexity index is 532. The molecule has 0 heterocycles. The maximum absolute atomic E-state index is 10.7. The molecule has 0 spiro atoms. The number of carbonyl (C=O) groups is 1. The Labute approximate surface area is 112 Å². The van der Waals surface area contributed by atoms with E-state index in [1.54, 1.807) is 19.2 Å². The van der Waals surface area contributed by atoms with Crippen molar-refractivity contribution in [1.29, 1.82) is 0 Å². The fourth-order valence-corrected chi connectivity index (χ4v) is 3.16. The summed E-state index contributed by atoms with van der Waals surface area (Å²) < 4.78 is 7.48. The van der Waals surface area contributed by atoms with Gasteiger partial charge in [0.15, 0.2) is 0 Å². The topological polar surface area (TPSA) is 46.5 Å². The van der Waals surface area contributed by atoms with Gasteiger partial charge in [0.25, 0.3) is 0 Å². The Morgan fingerprint density at radius 2 is 1.50 bits per heavy atom. The SMILES string of the molecule is COc1ccc([Se]c2ccc(C(=O)O)cc2)cc1. The first kappa shape index (κ1) is 12.7. The summed E-state index contributed by atoms with van der Waals surface area (Å²) in [6.07, 6.45) is 0. The summed E-state index contributed by atoms with van der Waals surface area (Å²) >= 11 is 0.184. The molecule has 0 fully saturated rings. The van der Waals surface area contributed by atoms with Crippen molar-refractivity contribution in [2.24, 2.45) is 0 Å². The van der Waals surface area contributed by atoms with Crippen LogP contribution in [0.25, 0.3) is 0 Å². The van der Waals surface area contributed by atoms with Crippen molar-refractivity contribution in [2.75, 3.05) is 7.11 Å². The summed E-state index contributed by atoms with van der Waals surface area (Å²) in [5.74, 6) is -0.0470. The third-order valence-corrected chi connectivity index (χ3v) is 4.53. The van der Waals surface area contributed by atoms with E-state index in [9.17, 15) is 4.79 Å². The molecule has 4 heteroatoms. The summed E-state index contributed by atoms with van der Waals surface area (Å²) in [5.41, 5.74) is 0.323. The molecule has 0 radical (unpaired) electrons. The van der Waals surface area contributed by atoms with E-state index in [0.717, 1.165) is 10.2 Å². The van der Waals surface area contributed by atoms with Crippen LogP contribution < -0.4 is 13.7 Å². The van der Waals surface area contributed by atoms with Crippen molar-refractivity contribution in [1.82, 2.24) is 0 Å². The minimum absolute atomic E-state index is 0.184. The number of ether oxygens (including phenoxy) is 1. The predicted octanol–water partition coefficient (Wildman–Crippen LogP) is 1.05. The first-order valence-corrected chi connectivity index (χ1v) is 7.05. The van der Waals surface area contributed by atoms with E-state index in [1.807, 2.05) is 36.4 Å². The average Bonchev–Trinajstić information content (AvgIpc) is 2.40. The van der Waals surface area contributed by atoms with E-state index >= 15 is 0 Å². The Balaban J connectivity index is 2.10. The van der Waals surface area contributed by atoms with Gasteiger partial charge in [0.2, 0.25) is 0 Å². The van der Waals surface area contributed by atoms with Crippen molar-refractivity contribution >= 4 is 29.8 Å². The van der Waals surface area contributed by atoms with Gasteiger partial charge >= 0.3 is 111 Å². The van der Waals surface area contributed by atoms with Crippen LogP contribution in [0.4, 0.5) is 0 Å². The van der Waals surface area contributed by atoms with Crippen LogP contribution in [0, 0.1) is 0 Å². The van der Waals surface area contributed by atoms with Gasteiger partial charge in [0.1, 0.15) is 0 Å². The molecule has 0 aromatic heterocycles. The molecule has 2 rings (SSSR count). The van der Waals surface area contributed by atoms with Gasteiger partial charge in [-0.2, -0.15) is 0 Å². The Morgan fingerprint density at radius 1 is 1.00 bits per heavy atom. The van der Waals surface area contributed by atoms with E-state index < -0.39 is 5.97 Å². The Morgan fingerprint density at radius 3 is 1.94 bits per heavy atom. The third-order valence-electron chi connectivity index (χ3n) is 2.40. The fourth-order valence-electron chi connectivity index (χ4n) is 1.45. The van der Waals surface area contributed by atoms with Gasteiger partial charge in [0, 0.05) is 0 Å². The van der Waals surface area contributed by atoms with E-state index in [2.05, 4.69) is 0 Å². The van der Waals surface area contributed by atoms with Crippen LogP contribution in [0.5, 0.6) is 5.75 Å². The molecule has 0 bridgehead atoms. The number of hydrogen-bond acceptors (Lipinski definition) is 2. The van der Waals surface area contributed by atoms with Crippen LogP contribution >= 0.6 is 0 Å². The molecule has 0 aliphatic rings. The van der Waals surface area contributed by atoms with E-state index in [1.165, 1.54) is 4.46 Å². The first-order chi connectivity index (χ1) is 8.69. The number of carboxylic acid groups (broad SMARTS) is 1. The van der Waals surface area contributed by atoms with Gasteiger partial charge in [-0.3, -0.25) is 0 Å². The molecule has 0 unspecified atom stereocenters. The normalized spacial score (nSPS) is 10.1. The molecular formula is C14H12O3Se. The van der Waals surface area contributed by atoms with Gasteiger partial charge in [-0.1, -0.05) is 0 Å². The van der Waals surface area contributed by atoms with Gasteiger partial charge in [0.05, 0.1) is 0 Å². The molecule has 1 N–H and O–H groups in total. The molecule has 0 saturated heterocycles. The quantitative estimate of drug-likeness (QED) is 0.859. The zero-order valence-electron chi connectivity index (χ0n) is 9.79. The molecular weight excluding hydrogens is 295 g/mol. The predicted molar refractivity (Wildman–Crippen MR) is 71.4 cm³/mol. The summed E-state index contributed by atoms with van der Waals surface area (Å²) in [4.78, 5) is 10.7. The summed E-state index contributed by atoms with van der Waals surface area (Å²) in [6, 6.07) is 15.0. The molecule has 18 heavy (non-hydrogen) atoms. The fraction of sp³-hybridized carbons (Fsp3) is 0.0714. The number of methoxy groups -OCH3 is 1. The number of hydrogen-bond donors (Lipinski definition) is 1. The molecule has 2 aromatic rings. The van der Waals surface area contributed by atoms with Crippen LogP contribution in [-0.4, -0.2) is 33.1 Å². The van der Waals surface area contributed by atoms with Crippen molar-refractivity contribution < 1.29 is 14.6 Å². The molecule has 3 nitrogen and oxygen atoms in total. The zero-order valence-corrected chi connectivity index (χ0v) is 11.5. The van der Waals surface area contributed by atoms with Crippen LogP contribution in [0.3, 0.4) is 0 Å². The molecule has 0 aliphatic heterocycles. The average molecular weight is 307 g/mol. The molecule has 0 saturated carbocycles. The first-order valence-electron chi connectivity index (χ1n) is 5.34. The number of aromatic carboxylic acids is 1. The second-order valence-corrected chi connectivity index (χ2v) is 6.01. The molecule has 92 valence electrons. The molecule has 0 atom stereocenters. The summed E-state index contributed by atoms with van der Waals surface area (Å²) in [5, 5.41) is 8.81. The minimum atomic E-state index is -0.890. The van der Waals surface area contributed by atoms with Gasteiger partial charge < -0.3 is 0 Å². The van der Waals surface area contributed by atoms with E-state index in [0.29, 0.717) is 5.56 Å².